The number of isocyanates is 1. The van der Waals surface area contributed by atoms with Crippen LogP contribution in [-0.4, -0.2) is 12.4 Å². The second kappa shape index (κ2) is 4.30. The number of alkyl halides is 3. The van der Waals surface area contributed by atoms with Gasteiger partial charge in [0.2, 0.25) is 6.08 Å². The number of nitrogens with zero attached hydrogens (tertiary/aromatic N) is 1. The number of ether oxygens (including phenoxy) is 1. The molecule has 0 heterocycles. The van der Waals surface area contributed by atoms with Crippen LogP contribution < -0.4 is 4.74 Å². The summed E-state index contributed by atoms with van der Waals surface area (Å²) in [6.45, 7) is 0. The highest BCUT2D eigenvalue weighted by atomic mass is 35.5. The van der Waals surface area contributed by atoms with E-state index >= 15 is 0 Å². The smallest absolute Gasteiger partial charge is 0.404 e. The summed E-state index contributed by atoms with van der Waals surface area (Å²) in [5.41, 5.74) is -0.0762. The number of benzene rings is 1. The minimum Gasteiger partial charge on any atom is -0.404 e. The lowest BCUT2D eigenvalue weighted by molar-refractivity contribution is -0.274. The average Bonchev–Trinajstić information content (AvgIpc) is 3.01. The van der Waals surface area contributed by atoms with Crippen LogP contribution in [-0.2, 0) is 10.3 Å². The van der Waals surface area contributed by atoms with Gasteiger partial charge in [0.15, 0.2) is 0 Å². The zero-order chi connectivity index (χ0) is 13.4. The maximum Gasteiger partial charge on any atom is 0.573 e. The van der Waals surface area contributed by atoms with Crippen LogP contribution in [0.1, 0.15) is 18.4 Å². The van der Waals surface area contributed by atoms with Crippen LogP contribution in [0.5, 0.6) is 5.75 Å². The Hall–Kier alpha value is -1.52. The van der Waals surface area contributed by atoms with Gasteiger partial charge in [-0.2, -0.15) is 4.99 Å². The predicted molar refractivity (Wildman–Crippen MR) is 57.2 cm³/mol. The van der Waals surface area contributed by atoms with Crippen LogP contribution in [0.2, 0.25) is 5.02 Å². The van der Waals surface area contributed by atoms with E-state index in [-0.39, 0.29) is 5.02 Å². The van der Waals surface area contributed by atoms with Gasteiger partial charge in [-0.15, -0.1) is 13.2 Å². The molecule has 2 rings (SSSR count). The Morgan fingerprint density at radius 3 is 2.50 bits per heavy atom. The van der Waals surface area contributed by atoms with E-state index in [9.17, 15) is 18.0 Å². The Bertz CT molecular complexity index is 520. The van der Waals surface area contributed by atoms with E-state index in [1.165, 1.54) is 18.2 Å². The molecule has 1 aromatic rings. The minimum atomic E-state index is -4.79. The van der Waals surface area contributed by atoms with Crippen LogP contribution >= 0.6 is 11.6 Å². The number of carbonyl (C=O) groups excluding carboxylic acids is 1. The Labute approximate surface area is 105 Å². The molecule has 0 bridgehead atoms. The van der Waals surface area contributed by atoms with Crippen molar-refractivity contribution in [2.45, 2.75) is 24.7 Å². The fourth-order valence-electron chi connectivity index (χ4n) is 1.67. The second-order valence-electron chi connectivity index (χ2n) is 3.93. The molecule has 1 aromatic carbocycles. The fourth-order valence-corrected chi connectivity index (χ4v) is 1.89. The summed E-state index contributed by atoms with van der Waals surface area (Å²) >= 11 is 5.70. The molecule has 3 nitrogen and oxygen atoms in total. The van der Waals surface area contributed by atoms with Gasteiger partial charge in [-0.25, -0.2) is 4.79 Å². The molecule has 0 atom stereocenters. The molecule has 1 saturated carbocycles. The predicted octanol–water partition coefficient (Wildman–Crippen LogP) is 3.56. The van der Waals surface area contributed by atoms with Crippen LogP contribution in [0.25, 0.3) is 0 Å². The van der Waals surface area contributed by atoms with E-state index in [1.54, 1.807) is 0 Å². The average molecular weight is 278 g/mol. The molecule has 1 aliphatic carbocycles. The Morgan fingerprint density at radius 1 is 1.39 bits per heavy atom. The molecule has 1 fully saturated rings. The van der Waals surface area contributed by atoms with Gasteiger partial charge in [0, 0.05) is 0 Å². The van der Waals surface area contributed by atoms with Crippen molar-refractivity contribution in [3.8, 4) is 5.75 Å². The van der Waals surface area contributed by atoms with E-state index < -0.39 is 17.7 Å². The van der Waals surface area contributed by atoms with Crippen molar-refractivity contribution in [1.29, 1.82) is 0 Å². The van der Waals surface area contributed by atoms with Gasteiger partial charge in [-0.1, -0.05) is 17.7 Å². The first-order valence-electron chi connectivity index (χ1n) is 5.01. The van der Waals surface area contributed by atoms with Crippen molar-refractivity contribution in [3.05, 3.63) is 28.8 Å². The lowest BCUT2D eigenvalue weighted by Gasteiger charge is -2.13. The molecular formula is C11H7ClF3NO2. The maximum absolute atomic E-state index is 12.0. The first kappa shape index (κ1) is 12.9. The number of aliphatic imine (C=N–C) groups is 1. The summed E-state index contributed by atoms with van der Waals surface area (Å²) in [6.07, 6.45) is -2.02. The highest BCUT2D eigenvalue weighted by Crippen LogP contribution is 2.50. The van der Waals surface area contributed by atoms with Gasteiger partial charge in [0.25, 0.3) is 0 Å². The highest BCUT2D eigenvalue weighted by Gasteiger charge is 2.45. The van der Waals surface area contributed by atoms with Gasteiger partial charge in [0.1, 0.15) is 5.75 Å². The van der Waals surface area contributed by atoms with E-state index in [2.05, 4.69) is 9.73 Å². The summed E-state index contributed by atoms with van der Waals surface area (Å²) in [5, 5.41) is -0.169. The maximum atomic E-state index is 12.0. The third kappa shape index (κ3) is 2.66. The molecule has 0 aliphatic heterocycles. The van der Waals surface area contributed by atoms with Crippen molar-refractivity contribution in [3.63, 3.8) is 0 Å². The van der Waals surface area contributed by atoms with Crippen LogP contribution in [0.3, 0.4) is 0 Å². The minimum absolute atomic E-state index is 0.169. The van der Waals surface area contributed by atoms with Gasteiger partial charge in [-0.3, -0.25) is 0 Å². The van der Waals surface area contributed by atoms with Gasteiger partial charge >= 0.3 is 6.36 Å². The molecule has 0 aromatic heterocycles. The summed E-state index contributed by atoms with van der Waals surface area (Å²) in [6, 6.07) is 3.86. The second-order valence-corrected chi connectivity index (χ2v) is 4.33. The standard InChI is InChI=1S/C11H7ClF3NO2/c12-8-5-7(10(3-4-10)16-6-17)1-2-9(8)18-11(13,14)15/h1-2,5H,3-4H2. The van der Waals surface area contributed by atoms with Crippen molar-refractivity contribution in [1.82, 2.24) is 0 Å². The molecule has 7 heteroatoms. The van der Waals surface area contributed by atoms with E-state index in [4.69, 9.17) is 11.6 Å². The molecule has 0 spiro atoms. The number of hydrogen-bond donors (Lipinski definition) is 0. The topological polar surface area (TPSA) is 38.7 Å². The quantitative estimate of drug-likeness (QED) is 0.626. The summed E-state index contributed by atoms with van der Waals surface area (Å²) in [4.78, 5) is 13.9. The SMILES string of the molecule is O=C=NC1(c2ccc(OC(F)(F)F)c(Cl)c2)CC1. The lowest BCUT2D eigenvalue weighted by Crippen LogP contribution is -2.17. The first-order chi connectivity index (χ1) is 8.36. The monoisotopic (exact) mass is 277 g/mol. The Kier molecular flexibility index (Phi) is 3.09. The third-order valence-electron chi connectivity index (χ3n) is 2.68. The largest absolute Gasteiger partial charge is 0.573 e. The van der Waals surface area contributed by atoms with E-state index in [0.29, 0.717) is 18.4 Å². The number of halogens is 4. The molecule has 0 N–H and O–H groups in total. The van der Waals surface area contributed by atoms with Crippen molar-refractivity contribution < 1.29 is 22.7 Å². The zero-order valence-corrected chi connectivity index (χ0v) is 9.68. The van der Waals surface area contributed by atoms with Gasteiger partial charge < -0.3 is 4.74 Å². The molecule has 18 heavy (non-hydrogen) atoms. The van der Waals surface area contributed by atoms with Crippen molar-refractivity contribution in [2.75, 3.05) is 0 Å². The van der Waals surface area contributed by atoms with Crippen molar-refractivity contribution in [2.24, 2.45) is 4.99 Å². The Balaban J connectivity index is 2.28. The molecule has 1 aliphatic rings. The molecule has 0 saturated heterocycles. The fraction of sp³-hybridized carbons (Fsp3) is 0.364. The highest BCUT2D eigenvalue weighted by molar-refractivity contribution is 6.32. The third-order valence-corrected chi connectivity index (χ3v) is 2.97. The van der Waals surface area contributed by atoms with E-state index in [0.717, 1.165) is 6.07 Å². The van der Waals surface area contributed by atoms with Crippen LogP contribution in [0, 0.1) is 0 Å². The lowest BCUT2D eigenvalue weighted by atomic mass is 10.1. The van der Waals surface area contributed by atoms with E-state index in [1.807, 2.05) is 0 Å². The summed E-state index contributed by atoms with van der Waals surface area (Å²) in [7, 11) is 0. The van der Waals surface area contributed by atoms with Crippen molar-refractivity contribution >= 4 is 17.7 Å². The van der Waals surface area contributed by atoms with Gasteiger partial charge in [0.05, 0.1) is 10.6 Å². The molecule has 0 radical (unpaired) electrons. The van der Waals surface area contributed by atoms with Crippen LogP contribution in [0.15, 0.2) is 23.2 Å². The Morgan fingerprint density at radius 2 is 2.06 bits per heavy atom. The summed E-state index contributed by atoms with van der Waals surface area (Å²) in [5.74, 6) is -0.473. The normalized spacial score (nSPS) is 16.9. The first-order valence-corrected chi connectivity index (χ1v) is 5.39. The number of rotatable bonds is 3. The molecule has 0 amide bonds. The molecule has 96 valence electrons. The van der Waals surface area contributed by atoms with Gasteiger partial charge in [-0.05, 0) is 30.5 Å². The number of hydrogen-bond acceptors (Lipinski definition) is 3. The molecule has 0 unspecified atom stereocenters. The molecular weight excluding hydrogens is 271 g/mol. The zero-order valence-electron chi connectivity index (χ0n) is 8.92. The van der Waals surface area contributed by atoms with Crippen LogP contribution in [0.4, 0.5) is 13.2 Å². The summed E-state index contributed by atoms with van der Waals surface area (Å²) < 4.78 is 39.9.